The molecular formula is C7H9N3O3. The van der Waals surface area contributed by atoms with Crippen molar-refractivity contribution in [2.75, 3.05) is 18.5 Å². The number of carboxylic acid groups (broad SMARTS) is 1. The van der Waals surface area contributed by atoms with Gasteiger partial charge in [-0.15, -0.1) is 0 Å². The molecule has 1 aromatic rings. The van der Waals surface area contributed by atoms with Crippen molar-refractivity contribution in [3.63, 3.8) is 0 Å². The van der Waals surface area contributed by atoms with Crippen LogP contribution in [0.3, 0.4) is 0 Å². The van der Waals surface area contributed by atoms with Crippen LogP contribution in [-0.4, -0.2) is 39.3 Å². The largest absolute Gasteiger partial charge is 0.476 e. The van der Waals surface area contributed by atoms with Gasteiger partial charge in [-0.25, -0.2) is 14.8 Å². The number of carbonyl (C=O) groups is 1. The number of hydrogen-bond acceptors (Lipinski definition) is 5. The van der Waals surface area contributed by atoms with E-state index in [4.69, 9.17) is 10.2 Å². The summed E-state index contributed by atoms with van der Waals surface area (Å²) in [4.78, 5) is 17.8. The number of nitrogens with one attached hydrogen (secondary N) is 1. The van der Waals surface area contributed by atoms with Crippen molar-refractivity contribution >= 4 is 11.8 Å². The van der Waals surface area contributed by atoms with Gasteiger partial charge in [-0.2, -0.15) is 0 Å². The third-order valence-corrected chi connectivity index (χ3v) is 1.29. The average molecular weight is 183 g/mol. The highest BCUT2D eigenvalue weighted by molar-refractivity contribution is 5.84. The molecule has 0 atom stereocenters. The van der Waals surface area contributed by atoms with Crippen LogP contribution in [0.1, 0.15) is 10.5 Å². The molecule has 1 heterocycles. The lowest BCUT2D eigenvalue weighted by Gasteiger charge is -2.01. The van der Waals surface area contributed by atoms with Crippen LogP contribution in [0.4, 0.5) is 5.82 Å². The second-order valence-electron chi connectivity index (χ2n) is 2.24. The second kappa shape index (κ2) is 4.36. The SMILES string of the molecule is O=C(O)c1cnc(NCCO)cn1. The van der Waals surface area contributed by atoms with E-state index < -0.39 is 5.97 Å². The van der Waals surface area contributed by atoms with Gasteiger partial charge in [0, 0.05) is 6.54 Å². The Bertz CT molecular complexity index is 286. The zero-order chi connectivity index (χ0) is 9.68. The van der Waals surface area contributed by atoms with E-state index in [2.05, 4.69) is 15.3 Å². The Hall–Kier alpha value is -1.69. The van der Waals surface area contributed by atoms with Gasteiger partial charge in [-0.1, -0.05) is 0 Å². The van der Waals surface area contributed by atoms with E-state index in [9.17, 15) is 4.79 Å². The topological polar surface area (TPSA) is 95.3 Å². The molecule has 0 aliphatic rings. The predicted octanol–water partition coefficient (Wildman–Crippen LogP) is -0.421. The van der Waals surface area contributed by atoms with E-state index in [1.165, 1.54) is 6.20 Å². The molecule has 13 heavy (non-hydrogen) atoms. The van der Waals surface area contributed by atoms with Gasteiger partial charge in [-0.3, -0.25) is 0 Å². The molecule has 0 saturated heterocycles. The van der Waals surface area contributed by atoms with Crippen molar-refractivity contribution < 1.29 is 15.0 Å². The molecule has 0 spiro atoms. The Morgan fingerprint density at radius 2 is 2.23 bits per heavy atom. The molecule has 6 heteroatoms. The van der Waals surface area contributed by atoms with Gasteiger partial charge < -0.3 is 15.5 Å². The summed E-state index contributed by atoms with van der Waals surface area (Å²) in [7, 11) is 0. The van der Waals surface area contributed by atoms with Crippen LogP contribution in [0.2, 0.25) is 0 Å². The fourth-order valence-corrected chi connectivity index (χ4v) is 0.714. The van der Waals surface area contributed by atoms with E-state index in [1.54, 1.807) is 0 Å². The number of aliphatic hydroxyl groups is 1. The summed E-state index contributed by atoms with van der Waals surface area (Å²) in [6.07, 6.45) is 2.46. The number of carboxylic acids is 1. The zero-order valence-corrected chi connectivity index (χ0v) is 6.77. The lowest BCUT2D eigenvalue weighted by atomic mass is 10.4. The van der Waals surface area contributed by atoms with Gasteiger partial charge >= 0.3 is 5.97 Å². The summed E-state index contributed by atoms with van der Waals surface area (Å²) in [6.45, 7) is 0.351. The van der Waals surface area contributed by atoms with Crippen LogP contribution >= 0.6 is 0 Å². The highest BCUT2D eigenvalue weighted by Crippen LogP contribution is 1.99. The molecule has 0 bridgehead atoms. The smallest absolute Gasteiger partial charge is 0.356 e. The molecule has 70 valence electrons. The standard InChI is InChI=1S/C7H9N3O3/c11-2-1-8-6-4-9-5(3-10-6)7(12)13/h3-4,11H,1-2H2,(H,8,10)(H,12,13). The third kappa shape index (κ3) is 2.68. The summed E-state index contributed by atoms with van der Waals surface area (Å²) in [6, 6.07) is 0. The Balaban J connectivity index is 2.64. The number of aromatic carboxylic acids is 1. The van der Waals surface area contributed by atoms with Gasteiger partial charge in [-0.05, 0) is 0 Å². The highest BCUT2D eigenvalue weighted by atomic mass is 16.4. The van der Waals surface area contributed by atoms with Crippen LogP contribution in [0.5, 0.6) is 0 Å². The molecule has 0 aliphatic carbocycles. The number of aromatic nitrogens is 2. The molecule has 0 amide bonds. The maximum absolute atomic E-state index is 10.4. The van der Waals surface area contributed by atoms with Crippen molar-refractivity contribution in [1.82, 2.24) is 9.97 Å². The first-order valence-corrected chi connectivity index (χ1v) is 3.64. The van der Waals surface area contributed by atoms with Crippen LogP contribution in [-0.2, 0) is 0 Å². The first-order chi connectivity index (χ1) is 6.24. The number of hydrogen-bond donors (Lipinski definition) is 3. The van der Waals surface area contributed by atoms with E-state index in [0.29, 0.717) is 12.4 Å². The zero-order valence-electron chi connectivity index (χ0n) is 6.77. The number of aliphatic hydroxyl groups excluding tert-OH is 1. The van der Waals surface area contributed by atoms with Crippen molar-refractivity contribution in [3.8, 4) is 0 Å². The lowest BCUT2D eigenvalue weighted by Crippen LogP contribution is -2.08. The van der Waals surface area contributed by atoms with Crippen LogP contribution < -0.4 is 5.32 Å². The summed E-state index contributed by atoms with van der Waals surface area (Å²) in [5, 5.41) is 19.7. The fraction of sp³-hybridized carbons (Fsp3) is 0.286. The first-order valence-electron chi connectivity index (χ1n) is 3.64. The van der Waals surface area contributed by atoms with Gasteiger partial charge in [0.05, 0.1) is 19.0 Å². The van der Waals surface area contributed by atoms with Gasteiger partial charge in [0.15, 0.2) is 5.69 Å². The molecule has 0 saturated carbocycles. The molecule has 1 rings (SSSR count). The van der Waals surface area contributed by atoms with Crippen molar-refractivity contribution in [3.05, 3.63) is 18.1 Å². The third-order valence-electron chi connectivity index (χ3n) is 1.29. The Labute approximate surface area is 74.3 Å². The minimum Gasteiger partial charge on any atom is -0.476 e. The van der Waals surface area contributed by atoms with Gasteiger partial charge in [0.25, 0.3) is 0 Å². The highest BCUT2D eigenvalue weighted by Gasteiger charge is 2.03. The molecule has 0 unspecified atom stereocenters. The Morgan fingerprint density at radius 3 is 2.69 bits per heavy atom. The quantitative estimate of drug-likeness (QED) is 0.586. The molecule has 0 aromatic carbocycles. The summed E-state index contributed by atoms with van der Waals surface area (Å²) in [5.74, 6) is -0.666. The number of rotatable bonds is 4. The van der Waals surface area contributed by atoms with Gasteiger partial charge in [0.2, 0.25) is 0 Å². The van der Waals surface area contributed by atoms with Crippen molar-refractivity contribution in [2.24, 2.45) is 0 Å². The Kier molecular flexibility index (Phi) is 3.15. The molecule has 0 fully saturated rings. The monoisotopic (exact) mass is 183 g/mol. The molecule has 0 radical (unpaired) electrons. The lowest BCUT2D eigenvalue weighted by molar-refractivity contribution is 0.0690. The summed E-state index contributed by atoms with van der Waals surface area (Å²) >= 11 is 0. The van der Waals surface area contributed by atoms with E-state index in [1.807, 2.05) is 0 Å². The molecule has 3 N–H and O–H groups in total. The Morgan fingerprint density at radius 1 is 1.46 bits per heavy atom. The maximum Gasteiger partial charge on any atom is 0.356 e. The number of nitrogens with zero attached hydrogens (tertiary/aromatic N) is 2. The molecular weight excluding hydrogens is 174 g/mol. The van der Waals surface area contributed by atoms with Crippen LogP contribution in [0, 0.1) is 0 Å². The minimum atomic E-state index is -1.11. The predicted molar refractivity (Wildman–Crippen MR) is 44.6 cm³/mol. The first kappa shape index (κ1) is 9.40. The minimum absolute atomic E-state index is 0.0115. The molecule has 6 nitrogen and oxygen atoms in total. The second-order valence-corrected chi connectivity index (χ2v) is 2.24. The van der Waals surface area contributed by atoms with E-state index in [-0.39, 0.29) is 12.3 Å². The summed E-state index contributed by atoms with van der Waals surface area (Å²) in [5.41, 5.74) is -0.102. The van der Waals surface area contributed by atoms with Crippen molar-refractivity contribution in [2.45, 2.75) is 0 Å². The molecule has 0 aliphatic heterocycles. The number of anilines is 1. The van der Waals surface area contributed by atoms with Crippen molar-refractivity contribution in [1.29, 1.82) is 0 Å². The van der Waals surface area contributed by atoms with E-state index in [0.717, 1.165) is 6.20 Å². The van der Waals surface area contributed by atoms with Gasteiger partial charge in [0.1, 0.15) is 5.82 Å². The molecule has 1 aromatic heterocycles. The average Bonchev–Trinajstić information content (AvgIpc) is 2.15. The van der Waals surface area contributed by atoms with E-state index >= 15 is 0 Å². The van der Waals surface area contributed by atoms with Crippen LogP contribution in [0.15, 0.2) is 12.4 Å². The fourth-order valence-electron chi connectivity index (χ4n) is 0.714. The normalized spacial score (nSPS) is 9.62. The van der Waals surface area contributed by atoms with Crippen LogP contribution in [0.25, 0.3) is 0 Å². The summed E-state index contributed by atoms with van der Waals surface area (Å²) < 4.78 is 0. The maximum atomic E-state index is 10.4.